The fraction of sp³-hybridized carbons (Fsp3) is 0.333. The van der Waals surface area contributed by atoms with Gasteiger partial charge >= 0.3 is 5.97 Å². The van der Waals surface area contributed by atoms with Crippen molar-refractivity contribution in [2.24, 2.45) is 0 Å². The second-order valence-corrected chi connectivity index (χ2v) is 11.3. The number of nitrogens with one attached hydrogen (secondary N) is 1. The van der Waals surface area contributed by atoms with E-state index in [1.807, 2.05) is 35.8 Å². The van der Waals surface area contributed by atoms with Gasteiger partial charge in [0.25, 0.3) is 0 Å². The Labute approximate surface area is 228 Å². The highest BCUT2D eigenvalue weighted by Gasteiger charge is 2.24. The second kappa shape index (κ2) is 11.0. The molecular formula is C30H34N4O3S. The van der Waals surface area contributed by atoms with Gasteiger partial charge in [0, 0.05) is 16.9 Å². The summed E-state index contributed by atoms with van der Waals surface area (Å²) in [5.41, 5.74) is 6.36. The van der Waals surface area contributed by atoms with Crippen molar-refractivity contribution in [2.45, 2.75) is 59.0 Å². The number of carbonyl (C=O) groups excluding carboxylic acids is 2. The molecule has 0 fully saturated rings. The van der Waals surface area contributed by atoms with Crippen molar-refractivity contribution in [3.63, 3.8) is 0 Å². The molecule has 1 N–H and O–H groups in total. The summed E-state index contributed by atoms with van der Waals surface area (Å²) in [4.78, 5) is 28.7. The molecule has 2 aromatic heterocycles. The predicted octanol–water partition coefficient (Wildman–Crippen LogP) is 6.64. The SMILES string of the molecule is CCOC(=O)c1c(C)[nH]c(C(=O)CSc2nnc(-c3ccc(C(C)(C)C)cc3)n2-c2ccc(C)cc2)c1C. The largest absolute Gasteiger partial charge is 0.462 e. The zero-order valence-electron chi connectivity index (χ0n) is 23.0. The van der Waals surface area contributed by atoms with Crippen molar-refractivity contribution in [1.82, 2.24) is 19.7 Å². The molecule has 0 unspecified atom stereocenters. The molecule has 0 spiro atoms. The molecule has 0 atom stereocenters. The number of ether oxygens (including phenoxy) is 1. The molecule has 0 amide bonds. The van der Waals surface area contributed by atoms with Gasteiger partial charge in [0.1, 0.15) is 0 Å². The Kier molecular flexibility index (Phi) is 7.92. The molecule has 0 saturated heterocycles. The average molecular weight is 531 g/mol. The van der Waals surface area contributed by atoms with E-state index in [-0.39, 0.29) is 23.6 Å². The first-order valence-electron chi connectivity index (χ1n) is 12.7. The van der Waals surface area contributed by atoms with Crippen LogP contribution < -0.4 is 0 Å². The summed E-state index contributed by atoms with van der Waals surface area (Å²) in [6, 6.07) is 16.5. The van der Waals surface area contributed by atoms with Gasteiger partial charge in [-0.25, -0.2) is 4.79 Å². The third kappa shape index (κ3) is 5.60. The van der Waals surface area contributed by atoms with Gasteiger partial charge in [0.05, 0.1) is 23.6 Å². The summed E-state index contributed by atoms with van der Waals surface area (Å²) in [7, 11) is 0. The molecule has 7 nitrogen and oxygen atoms in total. The predicted molar refractivity (Wildman–Crippen MR) is 152 cm³/mol. The summed E-state index contributed by atoms with van der Waals surface area (Å²) in [6.07, 6.45) is 0. The maximum Gasteiger partial charge on any atom is 0.340 e. The number of esters is 1. The Morgan fingerprint density at radius 2 is 1.63 bits per heavy atom. The number of carbonyl (C=O) groups is 2. The number of hydrogen-bond donors (Lipinski definition) is 1. The molecule has 2 heterocycles. The van der Waals surface area contributed by atoms with Gasteiger partial charge in [-0.1, -0.05) is 74.5 Å². The average Bonchev–Trinajstić information content (AvgIpc) is 3.43. The molecule has 2 aromatic carbocycles. The van der Waals surface area contributed by atoms with Crippen LogP contribution in [0.2, 0.25) is 0 Å². The van der Waals surface area contributed by atoms with E-state index in [1.54, 1.807) is 20.8 Å². The van der Waals surface area contributed by atoms with E-state index in [9.17, 15) is 9.59 Å². The topological polar surface area (TPSA) is 89.9 Å². The Balaban J connectivity index is 1.65. The Bertz CT molecular complexity index is 1460. The van der Waals surface area contributed by atoms with E-state index in [4.69, 9.17) is 4.74 Å². The number of Topliss-reactive ketones (excluding diaryl/α,β-unsaturated/α-hetero) is 1. The first kappa shape index (κ1) is 27.4. The summed E-state index contributed by atoms with van der Waals surface area (Å²) < 4.78 is 7.15. The molecule has 0 radical (unpaired) electrons. The van der Waals surface area contributed by atoms with Crippen LogP contribution in [-0.4, -0.2) is 43.9 Å². The Morgan fingerprint density at radius 1 is 0.974 bits per heavy atom. The molecule has 0 aliphatic heterocycles. The van der Waals surface area contributed by atoms with Crippen LogP contribution >= 0.6 is 11.8 Å². The number of nitrogens with zero attached hydrogens (tertiary/aromatic N) is 3. The first-order valence-corrected chi connectivity index (χ1v) is 13.7. The minimum Gasteiger partial charge on any atom is -0.462 e. The zero-order chi connectivity index (χ0) is 27.6. The molecule has 0 bridgehead atoms. The molecule has 0 saturated carbocycles. The standard InChI is InChI=1S/C30H34N4O3S/c1-8-37-28(36)25-19(3)26(31-20(25)4)24(35)17-38-29-33-32-27(34(29)23-15-9-18(2)10-16-23)21-11-13-22(14-12-21)30(5,6)7/h9-16,31H,8,17H2,1-7H3. The third-order valence-electron chi connectivity index (χ3n) is 6.46. The van der Waals surface area contributed by atoms with E-state index in [0.29, 0.717) is 33.5 Å². The first-order chi connectivity index (χ1) is 18.0. The molecule has 0 aliphatic carbocycles. The van der Waals surface area contributed by atoms with Gasteiger partial charge in [-0.3, -0.25) is 9.36 Å². The number of thioether (sulfide) groups is 1. The molecule has 4 rings (SSSR count). The summed E-state index contributed by atoms with van der Waals surface area (Å²) in [5.74, 6) is 0.295. The lowest BCUT2D eigenvalue weighted by Crippen LogP contribution is -2.10. The highest BCUT2D eigenvalue weighted by Crippen LogP contribution is 2.31. The summed E-state index contributed by atoms with van der Waals surface area (Å²) in [6.45, 7) is 14.2. The van der Waals surface area contributed by atoms with Crippen molar-refractivity contribution in [3.05, 3.63) is 82.2 Å². The van der Waals surface area contributed by atoms with Gasteiger partial charge in [0.15, 0.2) is 16.8 Å². The van der Waals surface area contributed by atoms with Crippen molar-refractivity contribution >= 4 is 23.5 Å². The molecule has 4 aromatic rings. The van der Waals surface area contributed by atoms with E-state index in [1.165, 1.54) is 17.3 Å². The van der Waals surface area contributed by atoms with Crippen LogP contribution in [0.3, 0.4) is 0 Å². The zero-order valence-corrected chi connectivity index (χ0v) is 23.8. The highest BCUT2D eigenvalue weighted by atomic mass is 32.2. The normalized spacial score (nSPS) is 11.6. The van der Waals surface area contributed by atoms with Crippen molar-refractivity contribution in [3.8, 4) is 17.1 Å². The van der Waals surface area contributed by atoms with Crippen LogP contribution in [0.5, 0.6) is 0 Å². The van der Waals surface area contributed by atoms with Crippen molar-refractivity contribution in [2.75, 3.05) is 12.4 Å². The van der Waals surface area contributed by atoms with Gasteiger partial charge in [0.2, 0.25) is 0 Å². The van der Waals surface area contributed by atoms with E-state index in [0.717, 1.165) is 16.8 Å². The molecule has 0 aliphatic rings. The summed E-state index contributed by atoms with van der Waals surface area (Å²) >= 11 is 1.32. The molecule has 8 heteroatoms. The van der Waals surface area contributed by atoms with Crippen LogP contribution in [0.4, 0.5) is 0 Å². The number of aromatic amines is 1. The fourth-order valence-corrected chi connectivity index (χ4v) is 5.16. The van der Waals surface area contributed by atoms with Gasteiger partial charge in [-0.05, 0) is 56.4 Å². The van der Waals surface area contributed by atoms with E-state index >= 15 is 0 Å². The molecule has 38 heavy (non-hydrogen) atoms. The van der Waals surface area contributed by atoms with Crippen LogP contribution in [0.25, 0.3) is 17.1 Å². The van der Waals surface area contributed by atoms with Crippen molar-refractivity contribution in [1.29, 1.82) is 0 Å². The molecular weight excluding hydrogens is 496 g/mol. The fourth-order valence-electron chi connectivity index (χ4n) is 4.34. The third-order valence-corrected chi connectivity index (χ3v) is 7.39. The smallest absolute Gasteiger partial charge is 0.340 e. The van der Waals surface area contributed by atoms with Gasteiger partial charge in [-0.15, -0.1) is 10.2 Å². The number of H-pyrrole nitrogens is 1. The number of benzene rings is 2. The van der Waals surface area contributed by atoms with E-state index in [2.05, 4.69) is 60.2 Å². The van der Waals surface area contributed by atoms with Gasteiger partial charge in [-0.2, -0.15) is 0 Å². The minimum atomic E-state index is -0.424. The summed E-state index contributed by atoms with van der Waals surface area (Å²) in [5, 5.41) is 9.60. The number of aromatic nitrogens is 4. The maximum atomic E-state index is 13.2. The van der Waals surface area contributed by atoms with Crippen LogP contribution in [0.1, 0.15) is 70.9 Å². The maximum absolute atomic E-state index is 13.2. The Hall–Kier alpha value is -3.65. The molecule has 198 valence electrons. The van der Waals surface area contributed by atoms with Crippen LogP contribution in [0.15, 0.2) is 53.7 Å². The number of ketones is 1. The van der Waals surface area contributed by atoms with Crippen molar-refractivity contribution < 1.29 is 14.3 Å². The lowest BCUT2D eigenvalue weighted by molar-refractivity contribution is 0.0525. The van der Waals surface area contributed by atoms with Crippen LogP contribution in [0, 0.1) is 20.8 Å². The van der Waals surface area contributed by atoms with Gasteiger partial charge < -0.3 is 9.72 Å². The lowest BCUT2D eigenvalue weighted by atomic mass is 9.87. The lowest BCUT2D eigenvalue weighted by Gasteiger charge is -2.19. The second-order valence-electron chi connectivity index (χ2n) is 10.4. The Morgan fingerprint density at radius 3 is 2.24 bits per heavy atom. The number of hydrogen-bond acceptors (Lipinski definition) is 6. The van der Waals surface area contributed by atoms with E-state index < -0.39 is 5.97 Å². The van der Waals surface area contributed by atoms with Crippen LogP contribution in [-0.2, 0) is 10.2 Å². The monoisotopic (exact) mass is 530 g/mol. The number of aryl methyl sites for hydroxylation is 2. The number of rotatable bonds is 8. The highest BCUT2D eigenvalue weighted by molar-refractivity contribution is 7.99. The minimum absolute atomic E-state index is 0.0476. The quantitative estimate of drug-likeness (QED) is 0.156.